The molecule has 7 nitrogen and oxygen atoms in total. The Labute approximate surface area is 114 Å². The van der Waals surface area contributed by atoms with Gasteiger partial charge in [-0.3, -0.25) is 14.9 Å². The third-order valence-electron chi connectivity index (χ3n) is 2.79. The van der Waals surface area contributed by atoms with E-state index < -0.39 is 10.8 Å². The maximum atomic E-state index is 11.0. The molecule has 7 heteroatoms. The Morgan fingerprint density at radius 2 is 2.15 bits per heavy atom. The molecule has 104 valence electrons. The summed E-state index contributed by atoms with van der Waals surface area (Å²) in [6.07, 6.45) is 0. The van der Waals surface area contributed by atoms with Crippen molar-refractivity contribution < 1.29 is 14.1 Å². The molecule has 0 radical (unpaired) electrons. The van der Waals surface area contributed by atoms with E-state index in [9.17, 15) is 14.9 Å². The van der Waals surface area contributed by atoms with E-state index in [1.54, 1.807) is 18.2 Å². The van der Waals surface area contributed by atoms with Crippen LogP contribution < -0.4 is 11.1 Å². The molecule has 0 saturated carbocycles. The second-order valence-corrected chi connectivity index (χ2v) is 4.24. The average molecular weight is 275 g/mol. The van der Waals surface area contributed by atoms with Crippen LogP contribution in [0.4, 0.5) is 11.6 Å². The van der Waals surface area contributed by atoms with Crippen LogP contribution in [0.5, 0.6) is 0 Å². The lowest BCUT2D eigenvalue weighted by Crippen LogP contribution is -2.11. The number of nitrogens with zero attached hydrogens (tertiary/aromatic N) is 1. The van der Waals surface area contributed by atoms with Crippen LogP contribution in [0.3, 0.4) is 0 Å². The first-order valence-corrected chi connectivity index (χ1v) is 5.85. The molecule has 1 aromatic carbocycles. The van der Waals surface area contributed by atoms with E-state index in [2.05, 4.69) is 5.32 Å². The fourth-order valence-corrected chi connectivity index (χ4v) is 1.76. The van der Waals surface area contributed by atoms with E-state index in [1.165, 1.54) is 12.1 Å². The number of benzene rings is 1. The first-order valence-electron chi connectivity index (χ1n) is 5.85. The maximum Gasteiger partial charge on any atom is 0.433 e. The number of nitrogens with two attached hydrogens (primary N) is 1. The van der Waals surface area contributed by atoms with Crippen molar-refractivity contribution in [2.45, 2.75) is 13.5 Å². The molecule has 0 bridgehead atoms. The van der Waals surface area contributed by atoms with E-state index in [1.807, 2.05) is 6.92 Å². The summed E-state index contributed by atoms with van der Waals surface area (Å²) in [6, 6.07) is 7.86. The number of primary amides is 1. The summed E-state index contributed by atoms with van der Waals surface area (Å²) in [4.78, 5) is 20.9. The Morgan fingerprint density at radius 1 is 1.40 bits per heavy atom. The van der Waals surface area contributed by atoms with Crippen LogP contribution >= 0.6 is 0 Å². The molecule has 0 aliphatic heterocycles. The summed E-state index contributed by atoms with van der Waals surface area (Å²) in [5.74, 6) is -0.320. The van der Waals surface area contributed by atoms with Crippen molar-refractivity contribution in [3.8, 4) is 0 Å². The van der Waals surface area contributed by atoms with Crippen LogP contribution in [0.2, 0.25) is 0 Å². The number of furan rings is 1. The Bertz CT molecular complexity index is 663. The van der Waals surface area contributed by atoms with Gasteiger partial charge in [-0.15, -0.1) is 0 Å². The highest BCUT2D eigenvalue weighted by Gasteiger charge is 2.11. The molecule has 0 spiro atoms. The fraction of sp³-hybridized carbons (Fsp3) is 0.154. The number of carbonyl (C=O) groups excluding carboxylic acids is 1. The van der Waals surface area contributed by atoms with Gasteiger partial charge in [-0.2, -0.15) is 0 Å². The average Bonchev–Trinajstić information content (AvgIpc) is 2.86. The summed E-state index contributed by atoms with van der Waals surface area (Å²) in [7, 11) is 0. The minimum atomic E-state index is -0.587. The van der Waals surface area contributed by atoms with Crippen molar-refractivity contribution in [3.05, 3.63) is 57.3 Å². The van der Waals surface area contributed by atoms with E-state index in [-0.39, 0.29) is 5.88 Å². The van der Waals surface area contributed by atoms with Crippen LogP contribution in [0, 0.1) is 17.0 Å². The number of carbonyl (C=O) groups is 1. The molecule has 0 saturated heterocycles. The molecule has 1 aromatic heterocycles. The van der Waals surface area contributed by atoms with Gasteiger partial charge in [0, 0.05) is 11.3 Å². The number of amides is 1. The topological polar surface area (TPSA) is 111 Å². The third kappa shape index (κ3) is 2.94. The van der Waals surface area contributed by atoms with Gasteiger partial charge in [0.15, 0.2) is 0 Å². The number of hydrogen-bond acceptors (Lipinski definition) is 5. The smallest absolute Gasteiger partial charge is 0.404 e. The predicted molar refractivity (Wildman–Crippen MR) is 72.4 cm³/mol. The highest BCUT2D eigenvalue weighted by Crippen LogP contribution is 2.20. The summed E-state index contributed by atoms with van der Waals surface area (Å²) in [5, 5.41) is 13.6. The fourth-order valence-electron chi connectivity index (χ4n) is 1.76. The molecule has 0 atom stereocenters. The number of nitrogens with one attached hydrogen (secondary N) is 1. The monoisotopic (exact) mass is 275 g/mol. The lowest BCUT2D eigenvalue weighted by atomic mass is 10.1. The van der Waals surface area contributed by atoms with Gasteiger partial charge in [-0.05, 0) is 36.8 Å². The van der Waals surface area contributed by atoms with Crippen LogP contribution in [-0.2, 0) is 6.54 Å². The first kappa shape index (κ1) is 13.6. The second kappa shape index (κ2) is 5.43. The zero-order valence-electron chi connectivity index (χ0n) is 10.8. The Hall–Kier alpha value is -2.83. The zero-order chi connectivity index (χ0) is 14.7. The van der Waals surface area contributed by atoms with Crippen molar-refractivity contribution >= 4 is 17.5 Å². The molecule has 0 fully saturated rings. The van der Waals surface area contributed by atoms with Gasteiger partial charge < -0.3 is 15.5 Å². The molecule has 3 N–H and O–H groups in total. The summed E-state index contributed by atoms with van der Waals surface area (Å²) < 4.78 is 5.03. The lowest BCUT2D eigenvalue weighted by Gasteiger charge is -2.08. The van der Waals surface area contributed by atoms with E-state index in [0.29, 0.717) is 17.9 Å². The standard InChI is InChI=1S/C13H13N3O4/c1-8-6-9(13(14)17)2-4-11(8)15-7-10-3-5-12(20-10)16(18)19/h2-6,15H,7H2,1H3,(H2,14,17). The highest BCUT2D eigenvalue weighted by molar-refractivity contribution is 5.93. The van der Waals surface area contributed by atoms with Crippen LogP contribution in [0.1, 0.15) is 21.7 Å². The van der Waals surface area contributed by atoms with Gasteiger partial charge in [0.1, 0.15) is 10.7 Å². The largest absolute Gasteiger partial charge is 0.433 e. The van der Waals surface area contributed by atoms with Gasteiger partial charge in [0.2, 0.25) is 5.91 Å². The molecular weight excluding hydrogens is 262 g/mol. The van der Waals surface area contributed by atoms with Gasteiger partial charge in [-0.1, -0.05) is 0 Å². The quantitative estimate of drug-likeness (QED) is 0.641. The van der Waals surface area contributed by atoms with Crippen LogP contribution in [0.15, 0.2) is 34.7 Å². The molecule has 0 unspecified atom stereocenters. The van der Waals surface area contributed by atoms with Crippen LogP contribution in [-0.4, -0.2) is 10.8 Å². The number of rotatable bonds is 5. The molecule has 1 amide bonds. The van der Waals surface area contributed by atoms with Crippen molar-refractivity contribution in [2.24, 2.45) is 5.73 Å². The summed E-state index contributed by atoms with van der Waals surface area (Å²) in [5.41, 5.74) is 7.27. The van der Waals surface area contributed by atoms with Crippen LogP contribution in [0.25, 0.3) is 0 Å². The Balaban J connectivity index is 2.06. The third-order valence-corrected chi connectivity index (χ3v) is 2.79. The van der Waals surface area contributed by atoms with E-state index >= 15 is 0 Å². The number of hydrogen-bond donors (Lipinski definition) is 2. The summed E-state index contributed by atoms with van der Waals surface area (Å²) in [6.45, 7) is 2.14. The van der Waals surface area contributed by atoms with Crippen molar-refractivity contribution in [1.29, 1.82) is 0 Å². The first-order chi connectivity index (χ1) is 9.47. The number of anilines is 1. The Morgan fingerprint density at radius 3 is 2.70 bits per heavy atom. The molecule has 0 aliphatic rings. The lowest BCUT2D eigenvalue weighted by molar-refractivity contribution is -0.402. The minimum Gasteiger partial charge on any atom is -0.404 e. The van der Waals surface area contributed by atoms with Gasteiger partial charge in [-0.25, -0.2) is 0 Å². The highest BCUT2D eigenvalue weighted by atomic mass is 16.6. The molecular formula is C13H13N3O4. The normalized spacial score (nSPS) is 10.2. The minimum absolute atomic E-state index is 0.289. The van der Waals surface area contributed by atoms with E-state index in [0.717, 1.165) is 11.3 Å². The Kier molecular flexibility index (Phi) is 3.69. The van der Waals surface area contributed by atoms with Gasteiger partial charge in [0.25, 0.3) is 0 Å². The van der Waals surface area contributed by atoms with Gasteiger partial charge >= 0.3 is 5.88 Å². The number of nitro groups is 1. The maximum absolute atomic E-state index is 11.0. The molecule has 1 heterocycles. The zero-order valence-corrected chi connectivity index (χ0v) is 10.8. The molecule has 2 aromatic rings. The second-order valence-electron chi connectivity index (χ2n) is 4.24. The SMILES string of the molecule is Cc1cc(C(N)=O)ccc1NCc1ccc([N+](=O)[O-])o1. The molecule has 20 heavy (non-hydrogen) atoms. The number of aryl methyl sites for hydroxylation is 1. The van der Waals surface area contributed by atoms with Crippen molar-refractivity contribution in [3.63, 3.8) is 0 Å². The predicted octanol–water partition coefficient (Wildman–Crippen LogP) is 2.21. The summed E-state index contributed by atoms with van der Waals surface area (Å²) >= 11 is 0. The molecule has 2 rings (SSSR count). The van der Waals surface area contributed by atoms with Crippen molar-refractivity contribution in [1.82, 2.24) is 0 Å². The van der Waals surface area contributed by atoms with Crippen molar-refractivity contribution in [2.75, 3.05) is 5.32 Å². The van der Waals surface area contributed by atoms with E-state index in [4.69, 9.17) is 10.2 Å². The van der Waals surface area contributed by atoms with Gasteiger partial charge in [0.05, 0.1) is 12.6 Å². The molecule has 0 aliphatic carbocycles.